The summed E-state index contributed by atoms with van der Waals surface area (Å²) in [5, 5.41) is 11.1. The Balaban J connectivity index is 1.88. The van der Waals surface area contributed by atoms with Crippen molar-refractivity contribution in [2.45, 2.75) is 19.4 Å². The summed E-state index contributed by atoms with van der Waals surface area (Å²) in [6.45, 7) is 2.43. The van der Waals surface area contributed by atoms with E-state index in [1.165, 1.54) is 18.5 Å². The summed E-state index contributed by atoms with van der Waals surface area (Å²) in [4.78, 5) is 31.2. The highest BCUT2D eigenvalue weighted by molar-refractivity contribution is 6.51. The first-order valence-electron chi connectivity index (χ1n) is 10.3. The molecule has 1 aliphatic heterocycles. The standard InChI is InChI=1S/C25H20F2N2O4/c1-2-11-33-18-7-3-5-15(12-18)23(30)21-22(16-6-4-10-28-14-16)29(25(32)24(21)31)17-8-9-19(26)20(27)13-17/h3-10,12-14,22,30H,2,11H2,1H3/b23-21+. The number of nitrogens with zero attached hydrogens (tertiary/aromatic N) is 2. The molecular weight excluding hydrogens is 430 g/mol. The van der Waals surface area contributed by atoms with Gasteiger partial charge in [0.05, 0.1) is 18.2 Å². The number of halogens is 2. The van der Waals surface area contributed by atoms with Gasteiger partial charge < -0.3 is 9.84 Å². The van der Waals surface area contributed by atoms with Crippen LogP contribution in [0.2, 0.25) is 0 Å². The van der Waals surface area contributed by atoms with Crippen LogP contribution in [0.4, 0.5) is 14.5 Å². The molecule has 0 aliphatic carbocycles. The number of benzene rings is 2. The van der Waals surface area contributed by atoms with Gasteiger partial charge in [0.1, 0.15) is 11.5 Å². The summed E-state index contributed by atoms with van der Waals surface area (Å²) in [5.74, 6) is -4.10. The van der Waals surface area contributed by atoms with Gasteiger partial charge in [0.15, 0.2) is 11.6 Å². The molecule has 33 heavy (non-hydrogen) atoms. The maximum Gasteiger partial charge on any atom is 0.300 e. The molecule has 0 radical (unpaired) electrons. The van der Waals surface area contributed by atoms with Crippen molar-refractivity contribution >= 4 is 23.1 Å². The number of ketones is 1. The van der Waals surface area contributed by atoms with Crippen molar-refractivity contribution in [3.05, 3.63) is 95.3 Å². The average Bonchev–Trinajstić information content (AvgIpc) is 3.10. The minimum atomic E-state index is -1.17. The van der Waals surface area contributed by atoms with Crippen LogP contribution in [0.25, 0.3) is 5.76 Å². The number of amides is 1. The van der Waals surface area contributed by atoms with Crippen molar-refractivity contribution in [1.29, 1.82) is 0 Å². The number of hydrogen-bond acceptors (Lipinski definition) is 5. The van der Waals surface area contributed by atoms with Crippen LogP contribution in [-0.4, -0.2) is 28.4 Å². The molecule has 0 spiro atoms. The number of Topliss-reactive ketones (excluding diaryl/α,β-unsaturated/α-hetero) is 1. The largest absolute Gasteiger partial charge is 0.507 e. The van der Waals surface area contributed by atoms with Crippen molar-refractivity contribution in [2.24, 2.45) is 0 Å². The molecule has 1 unspecified atom stereocenters. The van der Waals surface area contributed by atoms with Gasteiger partial charge in [0, 0.05) is 29.7 Å². The Morgan fingerprint density at radius 2 is 1.91 bits per heavy atom. The summed E-state index contributed by atoms with van der Waals surface area (Å²) in [5.41, 5.74) is 0.483. The van der Waals surface area contributed by atoms with E-state index in [9.17, 15) is 23.5 Å². The predicted octanol–water partition coefficient (Wildman–Crippen LogP) is 4.77. The summed E-state index contributed by atoms with van der Waals surface area (Å²) in [7, 11) is 0. The van der Waals surface area contributed by atoms with Crippen LogP contribution in [0, 0.1) is 11.6 Å². The molecule has 3 aromatic rings. The normalized spacial score (nSPS) is 17.4. The van der Waals surface area contributed by atoms with Crippen LogP contribution >= 0.6 is 0 Å². The molecule has 1 saturated heterocycles. The fourth-order valence-electron chi connectivity index (χ4n) is 3.70. The Bertz CT molecular complexity index is 1240. The number of hydrogen-bond donors (Lipinski definition) is 1. The van der Waals surface area contributed by atoms with Crippen LogP contribution in [-0.2, 0) is 9.59 Å². The van der Waals surface area contributed by atoms with Crippen LogP contribution in [0.3, 0.4) is 0 Å². The molecule has 8 heteroatoms. The quantitative estimate of drug-likeness (QED) is 0.332. The predicted molar refractivity (Wildman–Crippen MR) is 118 cm³/mol. The zero-order chi connectivity index (χ0) is 23.5. The average molecular weight is 450 g/mol. The highest BCUT2D eigenvalue weighted by Gasteiger charge is 2.47. The second-order valence-electron chi connectivity index (χ2n) is 7.43. The van der Waals surface area contributed by atoms with Gasteiger partial charge in [-0.3, -0.25) is 19.5 Å². The third-order valence-corrected chi connectivity index (χ3v) is 5.21. The van der Waals surface area contributed by atoms with Crippen molar-refractivity contribution < 1.29 is 28.2 Å². The van der Waals surface area contributed by atoms with E-state index in [1.807, 2.05) is 6.92 Å². The van der Waals surface area contributed by atoms with Gasteiger partial charge in [-0.2, -0.15) is 0 Å². The zero-order valence-corrected chi connectivity index (χ0v) is 17.7. The van der Waals surface area contributed by atoms with Crippen molar-refractivity contribution in [1.82, 2.24) is 4.98 Å². The molecule has 1 amide bonds. The monoisotopic (exact) mass is 450 g/mol. The number of carbonyl (C=O) groups excluding carboxylic acids is 2. The molecule has 0 saturated carbocycles. The number of rotatable bonds is 6. The number of ether oxygens (including phenoxy) is 1. The van der Waals surface area contributed by atoms with Gasteiger partial charge >= 0.3 is 0 Å². The molecule has 2 aromatic carbocycles. The molecule has 2 heterocycles. The van der Waals surface area contributed by atoms with Crippen molar-refractivity contribution in [3.8, 4) is 5.75 Å². The summed E-state index contributed by atoms with van der Waals surface area (Å²) >= 11 is 0. The van der Waals surface area contributed by atoms with Gasteiger partial charge in [-0.25, -0.2) is 8.78 Å². The number of aliphatic hydroxyl groups is 1. The zero-order valence-electron chi connectivity index (χ0n) is 17.7. The fourth-order valence-corrected chi connectivity index (χ4v) is 3.70. The SMILES string of the molecule is CCCOc1cccc(/C(O)=C2\C(=O)C(=O)N(c3ccc(F)c(F)c3)C2c2cccnc2)c1. The number of anilines is 1. The van der Waals surface area contributed by atoms with E-state index in [0.717, 1.165) is 23.5 Å². The van der Waals surface area contributed by atoms with Crippen molar-refractivity contribution in [3.63, 3.8) is 0 Å². The molecule has 0 bridgehead atoms. The van der Waals surface area contributed by atoms with Gasteiger partial charge in [0.25, 0.3) is 11.7 Å². The highest BCUT2D eigenvalue weighted by Crippen LogP contribution is 2.42. The number of carbonyl (C=O) groups is 2. The van der Waals surface area contributed by atoms with E-state index in [1.54, 1.807) is 36.4 Å². The third kappa shape index (κ3) is 4.19. The van der Waals surface area contributed by atoms with Gasteiger partial charge in [-0.15, -0.1) is 0 Å². The van der Waals surface area contributed by atoms with Crippen LogP contribution in [0.15, 0.2) is 72.6 Å². The molecule has 6 nitrogen and oxygen atoms in total. The second-order valence-corrected chi connectivity index (χ2v) is 7.43. The Kier molecular flexibility index (Phi) is 6.17. The Morgan fingerprint density at radius 3 is 2.61 bits per heavy atom. The second kappa shape index (κ2) is 9.20. The first kappa shape index (κ1) is 22.1. The van der Waals surface area contributed by atoms with Gasteiger partial charge in [-0.05, 0) is 42.3 Å². The van der Waals surface area contributed by atoms with Gasteiger partial charge in [0.2, 0.25) is 0 Å². The van der Waals surface area contributed by atoms with E-state index in [0.29, 0.717) is 17.9 Å². The molecule has 4 rings (SSSR count). The van der Waals surface area contributed by atoms with Crippen molar-refractivity contribution in [2.75, 3.05) is 11.5 Å². The number of pyridine rings is 1. The Hall–Kier alpha value is -4.07. The highest BCUT2D eigenvalue weighted by atomic mass is 19.2. The lowest BCUT2D eigenvalue weighted by molar-refractivity contribution is -0.132. The topological polar surface area (TPSA) is 79.7 Å². The first-order valence-corrected chi connectivity index (χ1v) is 10.3. The number of aromatic nitrogens is 1. The molecule has 1 fully saturated rings. The Labute approximate surface area is 188 Å². The van der Waals surface area contributed by atoms with Crippen LogP contribution in [0.5, 0.6) is 5.75 Å². The maximum atomic E-state index is 14.0. The summed E-state index contributed by atoms with van der Waals surface area (Å²) in [6.07, 6.45) is 3.75. The summed E-state index contributed by atoms with van der Waals surface area (Å²) < 4.78 is 33.1. The molecule has 1 N–H and O–H groups in total. The van der Waals surface area contributed by atoms with Crippen LogP contribution in [0.1, 0.15) is 30.5 Å². The smallest absolute Gasteiger partial charge is 0.300 e. The number of aliphatic hydroxyl groups excluding tert-OH is 1. The molecule has 1 aliphatic rings. The lowest BCUT2D eigenvalue weighted by Crippen LogP contribution is -2.29. The maximum absolute atomic E-state index is 14.0. The minimum absolute atomic E-state index is 0.0241. The van der Waals surface area contributed by atoms with Crippen LogP contribution < -0.4 is 9.64 Å². The van der Waals surface area contributed by atoms with E-state index >= 15 is 0 Å². The lowest BCUT2D eigenvalue weighted by atomic mass is 9.96. The van der Waals surface area contributed by atoms with Gasteiger partial charge in [-0.1, -0.05) is 25.1 Å². The molecule has 168 valence electrons. The first-order chi connectivity index (χ1) is 15.9. The van der Waals surface area contributed by atoms with E-state index in [2.05, 4.69) is 4.98 Å². The van der Waals surface area contributed by atoms with E-state index in [-0.39, 0.29) is 16.8 Å². The third-order valence-electron chi connectivity index (χ3n) is 5.21. The summed E-state index contributed by atoms with van der Waals surface area (Å²) in [6, 6.07) is 11.6. The molecule has 1 atom stereocenters. The molecular formula is C25H20F2N2O4. The van der Waals surface area contributed by atoms with E-state index in [4.69, 9.17) is 4.74 Å². The molecule has 1 aromatic heterocycles. The fraction of sp³-hybridized carbons (Fsp3) is 0.160. The van der Waals surface area contributed by atoms with E-state index < -0.39 is 35.1 Å². The Morgan fingerprint density at radius 1 is 1.09 bits per heavy atom. The minimum Gasteiger partial charge on any atom is -0.507 e. The lowest BCUT2D eigenvalue weighted by Gasteiger charge is -2.25.